The summed E-state index contributed by atoms with van der Waals surface area (Å²) >= 11 is 0. The number of imidazole rings is 1. The van der Waals surface area contributed by atoms with Crippen LogP contribution in [-0.4, -0.2) is 21.6 Å². The normalized spacial score (nSPS) is 9.78. The molecular weight excluding hydrogens is 236 g/mol. The van der Waals surface area contributed by atoms with Gasteiger partial charge < -0.3 is 14.9 Å². The second-order valence-electron chi connectivity index (χ2n) is 3.39. The lowest BCUT2D eigenvalue weighted by Gasteiger charge is -2.05. The van der Waals surface area contributed by atoms with Gasteiger partial charge in [-0.05, 0) is 22.0 Å². The molecule has 1 aromatic carbocycles. The van der Waals surface area contributed by atoms with Crippen molar-refractivity contribution in [2.24, 2.45) is 0 Å². The monoisotopic (exact) mass is 244 g/mol. The average Bonchev–Trinajstić information content (AvgIpc) is 2.87. The third-order valence-electron chi connectivity index (χ3n) is 2.36. The lowest BCUT2D eigenvalue weighted by molar-refractivity contribution is -0.389. The van der Waals surface area contributed by atoms with Crippen LogP contribution in [0.25, 0.3) is 5.69 Å². The number of rotatable bonds is 3. The number of hydrogen-bond donors (Lipinski definition) is 0. The Morgan fingerprint density at radius 2 is 2.33 bits per heavy atom. The first-order valence-corrected chi connectivity index (χ1v) is 4.92. The van der Waals surface area contributed by atoms with Crippen molar-refractivity contribution >= 4 is 5.82 Å². The van der Waals surface area contributed by atoms with E-state index in [1.165, 1.54) is 24.2 Å². The van der Waals surface area contributed by atoms with Gasteiger partial charge in [0.05, 0.1) is 18.4 Å². The molecule has 0 unspecified atom stereocenters. The average molecular weight is 244 g/mol. The summed E-state index contributed by atoms with van der Waals surface area (Å²) < 4.78 is 6.55. The molecule has 2 aromatic rings. The van der Waals surface area contributed by atoms with Crippen LogP contribution in [0.4, 0.5) is 5.82 Å². The molecule has 7 heteroatoms. The first-order valence-electron chi connectivity index (χ1n) is 4.92. The summed E-state index contributed by atoms with van der Waals surface area (Å²) in [5, 5.41) is 19.4. The van der Waals surface area contributed by atoms with Gasteiger partial charge in [-0.15, -0.1) is 0 Å². The molecule has 1 heterocycles. The molecule has 0 aliphatic carbocycles. The zero-order chi connectivity index (χ0) is 13.1. The second-order valence-corrected chi connectivity index (χ2v) is 3.39. The van der Waals surface area contributed by atoms with Crippen LogP contribution in [0, 0.1) is 21.4 Å². The van der Waals surface area contributed by atoms with E-state index < -0.39 is 4.92 Å². The Morgan fingerprint density at radius 1 is 1.56 bits per heavy atom. The van der Waals surface area contributed by atoms with Crippen LogP contribution >= 0.6 is 0 Å². The lowest BCUT2D eigenvalue weighted by Crippen LogP contribution is -1.94. The number of nitriles is 1. The molecule has 0 atom stereocenters. The molecule has 0 spiro atoms. The van der Waals surface area contributed by atoms with E-state index in [1.54, 1.807) is 18.2 Å². The smallest absolute Gasteiger partial charge is 0.381 e. The molecule has 0 saturated heterocycles. The van der Waals surface area contributed by atoms with E-state index in [-0.39, 0.29) is 5.82 Å². The van der Waals surface area contributed by atoms with Gasteiger partial charge in [0.1, 0.15) is 18.0 Å². The summed E-state index contributed by atoms with van der Waals surface area (Å²) in [6.45, 7) is 0. The highest BCUT2D eigenvalue weighted by Gasteiger charge is 2.12. The van der Waals surface area contributed by atoms with Crippen molar-refractivity contribution in [2.75, 3.05) is 7.11 Å². The van der Waals surface area contributed by atoms with Crippen LogP contribution in [0.5, 0.6) is 5.75 Å². The zero-order valence-electron chi connectivity index (χ0n) is 9.40. The predicted molar refractivity (Wildman–Crippen MR) is 61.5 cm³/mol. The van der Waals surface area contributed by atoms with Crippen LogP contribution in [0.15, 0.2) is 30.7 Å². The number of ether oxygens (including phenoxy) is 1. The van der Waals surface area contributed by atoms with Crippen molar-refractivity contribution in [3.05, 3.63) is 46.4 Å². The molecule has 0 radical (unpaired) electrons. The maximum atomic E-state index is 10.5. The van der Waals surface area contributed by atoms with Crippen LogP contribution < -0.4 is 4.74 Å². The quantitative estimate of drug-likeness (QED) is 0.604. The van der Waals surface area contributed by atoms with Gasteiger partial charge >= 0.3 is 5.82 Å². The topological polar surface area (TPSA) is 94.0 Å². The number of aromatic nitrogens is 2. The van der Waals surface area contributed by atoms with Crippen molar-refractivity contribution in [3.63, 3.8) is 0 Å². The number of methoxy groups -OCH3 is 1. The van der Waals surface area contributed by atoms with Gasteiger partial charge in [-0.3, -0.25) is 4.57 Å². The van der Waals surface area contributed by atoms with Gasteiger partial charge in [-0.2, -0.15) is 5.26 Å². The van der Waals surface area contributed by atoms with Crippen LogP contribution in [0.2, 0.25) is 0 Å². The summed E-state index contributed by atoms with van der Waals surface area (Å²) in [6.07, 6.45) is 2.62. The van der Waals surface area contributed by atoms with Crippen molar-refractivity contribution in [1.82, 2.24) is 9.55 Å². The molecule has 0 N–H and O–H groups in total. The van der Waals surface area contributed by atoms with Gasteiger partial charge in [-0.1, -0.05) is 0 Å². The van der Waals surface area contributed by atoms with Crippen LogP contribution in [-0.2, 0) is 0 Å². The van der Waals surface area contributed by atoms with Gasteiger partial charge in [0, 0.05) is 6.07 Å². The van der Waals surface area contributed by atoms with Crippen LogP contribution in [0.1, 0.15) is 5.56 Å². The Labute approximate surface area is 102 Å². The van der Waals surface area contributed by atoms with E-state index in [4.69, 9.17) is 10.00 Å². The van der Waals surface area contributed by atoms with E-state index in [0.717, 1.165) is 0 Å². The van der Waals surface area contributed by atoms with E-state index in [2.05, 4.69) is 4.98 Å². The molecule has 2 rings (SSSR count). The van der Waals surface area contributed by atoms with Crippen molar-refractivity contribution in [1.29, 1.82) is 5.26 Å². The Balaban J connectivity index is 2.45. The molecule has 0 amide bonds. The van der Waals surface area contributed by atoms with E-state index in [1.807, 2.05) is 6.07 Å². The number of benzene rings is 1. The van der Waals surface area contributed by atoms with Crippen molar-refractivity contribution < 1.29 is 9.66 Å². The third-order valence-corrected chi connectivity index (χ3v) is 2.36. The predicted octanol–water partition coefficient (Wildman–Crippen LogP) is 1.66. The molecule has 7 nitrogen and oxygen atoms in total. The first-order chi connectivity index (χ1) is 8.65. The Hall–Kier alpha value is -2.88. The summed E-state index contributed by atoms with van der Waals surface area (Å²) in [7, 11) is 1.45. The highest BCUT2D eigenvalue weighted by atomic mass is 16.6. The fraction of sp³-hybridized carbons (Fsp3) is 0.0909. The molecular formula is C11H8N4O3. The summed E-state index contributed by atoms with van der Waals surface area (Å²) in [6, 6.07) is 6.85. The summed E-state index contributed by atoms with van der Waals surface area (Å²) in [5.74, 6) is 0.171. The van der Waals surface area contributed by atoms with E-state index in [9.17, 15) is 10.1 Å². The van der Waals surface area contributed by atoms with E-state index in [0.29, 0.717) is 17.0 Å². The minimum Gasteiger partial charge on any atom is -0.495 e. The van der Waals surface area contributed by atoms with Crippen LogP contribution in [0.3, 0.4) is 0 Å². The maximum absolute atomic E-state index is 10.5. The Bertz CT molecular complexity index is 642. The molecule has 18 heavy (non-hydrogen) atoms. The highest BCUT2D eigenvalue weighted by molar-refractivity contribution is 5.50. The summed E-state index contributed by atoms with van der Waals surface area (Å²) in [4.78, 5) is 13.6. The minimum absolute atomic E-state index is 0.238. The fourth-order valence-electron chi connectivity index (χ4n) is 1.48. The first kappa shape index (κ1) is 11.6. The molecule has 0 saturated carbocycles. The van der Waals surface area contributed by atoms with Gasteiger partial charge in [0.15, 0.2) is 0 Å². The van der Waals surface area contributed by atoms with Gasteiger partial charge in [0.2, 0.25) is 6.33 Å². The maximum Gasteiger partial charge on any atom is 0.381 e. The van der Waals surface area contributed by atoms with Crippen molar-refractivity contribution in [2.45, 2.75) is 0 Å². The van der Waals surface area contributed by atoms with Gasteiger partial charge in [0.25, 0.3) is 0 Å². The van der Waals surface area contributed by atoms with Crippen molar-refractivity contribution in [3.8, 4) is 17.5 Å². The van der Waals surface area contributed by atoms with Gasteiger partial charge in [-0.25, -0.2) is 0 Å². The number of nitro groups is 1. The SMILES string of the molecule is COc1cc(-n2cnc([N+](=O)[O-])c2)ccc1C#N. The zero-order valence-corrected chi connectivity index (χ0v) is 9.40. The highest BCUT2D eigenvalue weighted by Crippen LogP contribution is 2.22. The second kappa shape index (κ2) is 4.55. The third kappa shape index (κ3) is 1.99. The summed E-state index contributed by atoms with van der Waals surface area (Å²) in [5.41, 5.74) is 1.03. The standard InChI is InChI=1S/C11H8N4O3/c1-18-10-4-9(3-2-8(10)5-12)14-6-11(13-7-14)15(16)17/h2-4,6-7H,1H3. The Morgan fingerprint density at radius 3 is 2.89 bits per heavy atom. The number of nitrogens with zero attached hydrogens (tertiary/aromatic N) is 4. The largest absolute Gasteiger partial charge is 0.495 e. The molecule has 90 valence electrons. The lowest BCUT2D eigenvalue weighted by atomic mass is 10.2. The molecule has 0 aliphatic rings. The molecule has 1 aromatic heterocycles. The van der Waals surface area contributed by atoms with E-state index >= 15 is 0 Å². The fourth-order valence-corrected chi connectivity index (χ4v) is 1.48. The Kier molecular flexibility index (Phi) is 2.93. The minimum atomic E-state index is -0.572. The molecule has 0 bridgehead atoms. The number of hydrogen-bond acceptors (Lipinski definition) is 5. The molecule has 0 aliphatic heterocycles. The molecule has 0 fully saturated rings.